The van der Waals surface area contributed by atoms with E-state index in [-0.39, 0.29) is 0 Å². The van der Waals surface area contributed by atoms with Crippen LogP contribution < -0.4 is 9.47 Å². The van der Waals surface area contributed by atoms with E-state index < -0.39 is 0 Å². The molecule has 1 aromatic carbocycles. The fourth-order valence-electron chi connectivity index (χ4n) is 1.41. The molecule has 2 nitrogen and oxygen atoms in total. The Balaban J connectivity index is 2.65. The minimum atomic E-state index is 0.538. The fraction of sp³-hybridized carbons (Fsp3) is 0.600. The minimum absolute atomic E-state index is 0.538. The summed E-state index contributed by atoms with van der Waals surface area (Å²) in [4.78, 5) is 0. The van der Waals surface area contributed by atoms with E-state index in [1.807, 2.05) is 18.2 Å². The van der Waals surface area contributed by atoms with Gasteiger partial charge >= 0.3 is 0 Å². The molecule has 2 heteroatoms. The summed E-state index contributed by atoms with van der Waals surface area (Å²) in [7, 11) is 0. The van der Waals surface area contributed by atoms with Crippen LogP contribution in [0.4, 0.5) is 0 Å². The maximum absolute atomic E-state index is 5.72. The lowest BCUT2D eigenvalue weighted by atomic mass is 10.2. The molecule has 0 radical (unpaired) electrons. The highest BCUT2D eigenvalue weighted by molar-refractivity contribution is 5.37. The third-order valence-electron chi connectivity index (χ3n) is 2.19. The zero-order chi connectivity index (χ0) is 12.8. The largest absolute Gasteiger partial charge is 0.493 e. The second-order valence-corrected chi connectivity index (χ2v) is 5.39. The van der Waals surface area contributed by atoms with E-state index >= 15 is 0 Å². The van der Waals surface area contributed by atoms with Gasteiger partial charge in [0, 0.05) is 6.07 Å². The lowest BCUT2D eigenvalue weighted by Crippen LogP contribution is -2.06. The van der Waals surface area contributed by atoms with Gasteiger partial charge in [0.25, 0.3) is 0 Å². The standard InChI is InChI=1S/C15H24O2/c1-11(2)9-16-14-6-13(5)7-15(8-14)17-10-12(3)4/h6-8,11-12H,9-10H2,1-5H3. The average Bonchev–Trinajstić information content (AvgIpc) is 2.23. The molecule has 0 aliphatic carbocycles. The minimum Gasteiger partial charge on any atom is -0.493 e. The van der Waals surface area contributed by atoms with Crippen LogP contribution in [0.1, 0.15) is 33.3 Å². The third-order valence-corrected chi connectivity index (χ3v) is 2.19. The van der Waals surface area contributed by atoms with Crippen molar-refractivity contribution < 1.29 is 9.47 Å². The Kier molecular flexibility index (Phi) is 5.33. The Hall–Kier alpha value is -1.18. The number of hydrogen-bond acceptors (Lipinski definition) is 2. The molecule has 1 aromatic rings. The molecule has 0 unspecified atom stereocenters. The van der Waals surface area contributed by atoms with Crippen LogP contribution in [-0.4, -0.2) is 13.2 Å². The predicted octanol–water partition coefficient (Wildman–Crippen LogP) is 4.06. The van der Waals surface area contributed by atoms with Gasteiger partial charge in [0.2, 0.25) is 0 Å². The van der Waals surface area contributed by atoms with Gasteiger partial charge in [-0.3, -0.25) is 0 Å². The lowest BCUT2D eigenvalue weighted by molar-refractivity contribution is 0.257. The highest BCUT2D eigenvalue weighted by Crippen LogP contribution is 2.23. The van der Waals surface area contributed by atoms with Crippen molar-refractivity contribution in [1.29, 1.82) is 0 Å². The van der Waals surface area contributed by atoms with Crippen molar-refractivity contribution in [2.45, 2.75) is 34.6 Å². The van der Waals surface area contributed by atoms with E-state index in [0.29, 0.717) is 11.8 Å². The van der Waals surface area contributed by atoms with Gasteiger partial charge in [-0.25, -0.2) is 0 Å². The second kappa shape index (κ2) is 6.53. The zero-order valence-electron chi connectivity index (χ0n) is 11.6. The van der Waals surface area contributed by atoms with Crippen LogP contribution in [0.3, 0.4) is 0 Å². The molecule has 0 aromatic heterocycles. The van der Waals surface area contributed by atoms with Crippen LogP contribution in [0.5, 0.6) is 11.5 Å². The molecule has 0 fully saturated rings. The molecule has 0 amide bonds. The first-order chi connectivity index (χ1) is 7.97. The zero-order valence-corrected chi connectivity index (χ0v) is 11.6. The van der Waals surface area contributed by atoms with Crippen molar-refractivity contribution in [3.8, 4) is 11.5 Å². The van der Waals surface area contributed by atoms with Gasteiger partial charge in [0.15, 0.2) is 0 Å². The molecule has 0 aliphatic heterocycles. The second-order valence-electron chi connectivity index (χ2n) is 5.39. The van der Waals surface area contributed by atoms with E-state index in [2.05, 4.69) is 34.6 Å². The Morgan fingerprint density at radius 1 is 0.824 bits per heavy atom. The van der Waals surface area contributed by atoms with Gasteiger partial charge in [-0.05, 0) is 36.5 Å². The van der Waals surface area contributed by atoms with Crippen molar-refractivity contribution in [3.05, 3.63) is 23.8 Å². The van der Waals surface area contributed by atoms with Gasteiger partial charge in [-0.2, -0.15) is 0 Å². The summed E-state index contributed by atoms with van der Waals surface area (Å²) in [5.74, 6) is 2.88. The summed E-state index contributed by atoms with van der Waals surface area (Å²) in [5.41, 5.74) is 1.17. The van der Waals surface area contributed by atoms with Gasteiger partial charge in [-0.1, -0.05) is 27.7 Å². The normalized spacial score (nSPS) is 11.0. The molecule has 0 bridgehead atoms. The maximum atomic E-state index is 5.72. The van der Waals surface area contributed by atoms with Crippen LogP contribution in [0.15, 0.2) is 18.2 Å². The SMILES string of the molecule is Cc1cc(OCC(C)C)cc(OCC(C)C)c1. The molecule has 0 spiro atoms. The Morgan fingerprint density at radius 2 is 1.24 bits per heavy atom. The van der Waals surface area contributed by atoms with Crippen LogP contribution in [0.2, 0.25) is 0 Å². The summed E-state index contributed by atoms with van der Waals surface area (Å²) in [5, 5.41) is 0. The number of ether oxygens (including phenoxy) is 2. The molecule has 0 atom stereocenters. The third kappa shape index (κ3) is 5.62. The average molecular weight is 236 g/mol. The first-order valence-electron chi connectivity index (χ1n) is 6.34. The number of rotatable bonds is 6. The van der Waals surface area contributed by atoms with Crippen molar-refractivity contribution in [2.24, 2.45) is 11.8 Å². The Bertz CT molecular complexity index is 313. The van der Waals surface area contributed by atoms with E-state index in [1.54, 1.807) is 0 Å². The molecular weight excluding hydrogens is 212 g/mol. The molecule has 0 saturated carbocycles. The van der Waals surface area contributed by atoms with Crippen molar-refractivity contribution in [2.75, 3.05) is 13.2 Å². The summed E-state index contributed by atoms with van der Waals surface area (Å²) < 4.78 is 11.4. The molecule has 0 N–H and O–H groups in total. The predicted molar refractivity (Wildman–Crippen MR) is 71.8 cm³/mol. The summed E-state index contributed by atoms with van der Waals surface area (Å²) in [6.45, 7) is 12.1. The van der Waals surface area contributed by atoms with Gasteiger partial charge in [-0.15, -0.1) is 0 Å². The highest BCUT2D eigenvalue weighted by Gasteiger charge is 2.03. The quantitative estimate of drug-likeness (QED) is 0.741. The first-order valence-corrected chi connectivity index (χ1v) is 6.34. The smallest absolute Gasteiger partial charge is 0.123 e. The first kappa shape index (κ1) is 13.9. The van der Waals surface area contributed by atoms with Crippen molar-refractivity contribution >= 4 is 0 Å². The molecular formula is C15H24O2. The van der Waals surface area contributed by atoms with Crippen LogP contribution in [-0.2, 0) is 0 Å². The lowest BCUT2D eigenvalue weighted by Gasteiger charge is -2.13. The molecule has 0 saturated heterocycles. The van der Waals surface area contributed by atoms with E-state index in [9.17, 15) is 0 Å². The van der Waals surface area contributed by atoms with Crippen LogP contribution in [0.25, 0.3) is 0 Å². The van der Waals surface area contributed by atoms with Crippen molar-refractivity contribution in [3.63, 3.8) is 0 Å². The van der Waals surface area contributed by atoms with Gasteiger partial charge < -0.3 is 9.47 Å². The number of benzene rings is 1. The Morgan fingerprint density at radius 3 is 1.59 bits per heavy atom. The molecule has 0 aliphatic rings. The van der Waals surface area contributed by atoms with E-state index in [1.165, 1.54) is 5.56 Å². The van der Waals surface area contributed by atoms with Crippen LogP contribution >= 0.6 is 0 Å². The molecule has 17 heavy (non-hydrogen) atoms. The van der Waals surface area contributed by atoms with Crippen molar-refractivity contribution in [1.82, 2.24) is 0 Å². The molecule has 96 valence electrons. The maximum Gasteiger partial charge on any atom is 0.123 e. The number of hydrogen-bond donors (Lipinski definition) is 0. The van der Waals surface area contributed by atoms with E-state index in [0.717, 1.165) is 24.7 Å². The summed E-state index contributed by atoms with van der Waals surface area (Å²) in [6, 6.07) is 6.06. The highest BCUT2D eigenvalue weighted by atomic mass is 16.5. The number of aryl methyl sites for hydroxylation is 1. The molecule has 0 heterocycles. The topological polar surface area (TPSA) is 18.5 Å². The van der Waals surface area contributed by atoms with Gasteiger partial charge in [0.05, 0.1) is 13.2 Å². The van der Waals surface area contributed by atoms with E-state index in [4.69, 9.17) is 9.47 Å². The molecule has 1 rings (SSSR count). The Labute approximate surface area is 105 Å². The van der Waals surface area contributed by atoms with Gasteiger partial charge in [0.1, 0.15) is 11.5 Å². The monoisotopic (exact) mass is 236 g/mol. The fourth-order valence-corrected chi connectivity index (χ4v) is 1.41. The van der Waals surface area contributed by atoms with Crippen LogP contribution in [0, 0.1) is 18.8 Å². The summed E-state index contributed by atoms with van der Waals surface area (Å²) >= 11 is 0. The summed E-state index contributed by atoms with van der Waals surface area (Å²) in [6.07, 6.45) is 0.